The largest absolute Gasteiger partial charge is 0.372 e. The van der Waals surface area contributed by atoms with E-state index in [4.69, 9.17) is 4.74 Å². The predicted molar refractivity (Wildman–Crippen MR) is 55.2 cm³/mol. The summed E-state index contributed by atoms with van der Waals surface area (Å²) in [5.74, 6) is -0.0832. The fraction of sp³-hybridized carbons (Fsp3) is 0.500. The summed E-state index contributed by atoms with van der Waals surface area (Å²) < 4.78 is 19.3. The Morgan fingerprint density at radius 3 is 3.00 bits per heavy atom. The number of rotatable bonds is 1. The molecule has 1 N–H and O–H groups in total. The fourth-order valence-electron chi connectivity index (χ4n) is 2.39. The van der Waals surface area contributed by atoms with Crippen LogP contribution >= 0.6 is 0 Å². The van der Waals surface area contributed by atoms with E-state index >= 15 is 0 Å². The van der Waals surface area contributed by atoms with Crippen LogP contribution in [0.2, 0.25) is 0 Å². The molecule has 1 aromatic rings. The van der Waals surface area contributed by atoms with Crippen molar-refractivity contribution in [3.8, 4) is 0 Å². The summed E-state index contributed by atoms with van der Waals surface area (Å²) in [6.45, 7) is 1.69. The van der Waals surface area contributed by atoms with Gasteiger partial charge in [0.1, 0.15) is 5.82 Å². The molecule has 0 bridgehead atoms. The van der Waals surface area contributed by atoms with Crippen LogP contribution in [-0.2, 0) is 11.2 Å². The SMILES string of the molecule is Fc1cccc2c1CCO[C@H]2C1CCN1. The van der Waals surface area contributed by atoms with E-state index < -0.39 is 0 Å². The van der Waals surface area contributed by atoms with Gasteiger partial charge in [-0.25, -0.2) is 4.39 Å². The third-order valence-electron chi connectivity index (χ3n) is 3.34. The summed E-state index contributed by atoms with van der Waals surface area (Å²) in [5, 5.41) is 3.33. The van der Waals surface area contributed by atoms with Crippen LogP contribution in [0.1, 0.15) is 23.7 Å². The molecule has 0 spiro atoms. The van der Waals surface area contributed by atoms with Crippen LogP contribution in [0.25, 0.3) is 0 Å². The van der Waals surface area contributed by atoms with Gasteiger partial charge in [0.05, 0.1) is 12.7 Å². The quantitative estimate of drug-likeness (QED) is 0.758. The first-order chi connectivity index (χ1) is 7.36. The Bertz CT molecular complexity index is 376. The average Bonchev–Trinajstić information content (AvgIpc) is 2.17. The zero-order chi connectivity index (χ0) is 10.3. The summed E-state index contributed by atoms with van der Waals surface area (Å²) in [6.07, 6.45) is 1.88. The molecule has 0 radical (unpaired) electrons. The number of hydrogen-bond acceptors (Lipinski definition) is 2. The first kappa shape index (κ1) is 9.31. The van der Waals surface area contributed by atoms with Gasteiger partial charge in [0.2, 0.25) is 0 Å². The van der Waals surface area contributed by atoms with Crippen molar-refractivity contribution in [2.75, 3.05) is 13.2 Å². The zero-order valence-electron chi connectivity index (χ0n) is 8.50. The fourth-order valence-corrected chi connectivity index (χ4v) is 2.39. The Hall–Kier alpha value is -0.930. The zero-order valence-corrected chi connectivity index (χ0v) is 8.50. The molecule has 80 valence electrons. The maximum Gasteiger partial charge on any atom is 0.126 e. The Labute approximate surface area is 88.4 Å². The van der Waals surface area contributed by atoms with Crippen molar-refractivity contribution in [2.45, 2.75) is 25.0 Å². The van der Waals surface area contributed by atoms with Crippen molar-refractivity contribution in [3.63, 3.8) is 0 Å². The van der Waals surface area contributed by atoms with Gasteiger partial charge < -0.3 is 10.1 Å². The van der Waals surface area contributed by atoms with E-state index in [0.717, 1.165) is 24.1 Å². The molecule has 2 aliphatic heterocycles. The van der Waals surface area contributed by atoms with E-state index in [-0.39, 0.29) is 11.9 Å². The lowest BCUT2D eigenvalue weighted by Crippen LogP contribution is -2.48. The highest BCUT2D eigenvalue weighted by Gasteiger charge is 2.33. The molecule has 3 heteroatoms. The lowest BCUT2D eigenvalue weighted by atomic mass is 9.89. The third-order valence-corrected chi connectivity index (χ3v) is 3.34. The summed E-state index contributed by atoms with van der Waals surface area (Å²) in [7, 11) is 0. The molecule has 2 atom stereocenters. The number of nitrogens with one attached hydrogen (secondary N) is 1. The summed E-state index contributed by atoms with van der Waals surface area (Å²) in [6, 6.07) is 5.68. The maximum atomic E-state index is 13.6. The molecule has 1 unspecified atom stereocenters. The number of fused-ring (bicyclic) bond motifs is 1. The topological polar surface area (TPSA) is 21.3 Å². The Kier molecular flexibility index (Phi) is 2.22. The molecule has 2 nitrogen and oxygen atoms in total. The minimum atomic E-state index is -0.0832. The number of halogens is 1. The van der Waals surface area contributed by atoms with Gasteiger partial charge in [-0.2, -0.15) is 0 Å². The highest BCUT2D eigenvalue weighted by molar-refractivity contribution is 5.33. The van der Waals surface area contributed by atoms with Gasteiger partial charge in [-0.05, 0) is 36.6 Å². The van der Waals surface area contributed by atoms with Gasteiger partial charge in [0.25, 0.3) is 0 Å². The molecule has 0 saturated carbocycles. The van der Waals surface area contributed by atoms with Crippen LogP contribution in [0, 0.1) is 5.82 Å². The number of benzene rings is 1. The van der Waals surface area contributed by atoms with E-state index in [1.807, 2.05) is 6.07 Å². The van der Waals surface area contributed by atoms with Gasteiger partial charge in [0.15, 0.2) is 0 Å². The standard InChI is InChI=1S/C12H14FNO/c13-10-3-1-2-9-8(10)5-7-15-12(9)11-4-6-14-11/h1-3,11-12,14H,4-7H2/t11?,12-/m1/s1. The van der Waals surface area contributed by atoms with E-state index in [1.54, 1.807) is 6.07 Å². The van der Waals surface area contributed by atoms with Crippen LogP contribution < -0.4 is 5.32 Å². The Morgan fingerprint density at radius 1 is 1.40 bits per heavy atom. The molecular formula is C12H14FNO. The van der Waals surface area contributed by atoms with Crippen LogP contribution in [0.5, 0.6) is 0 Å². The van der Waals surface area contributed by atoms with Crippen molar-refractivity contribution in [2.24, 2.45) is 0 Å². The average molecular weight is 207 g/mol. The molecule has 0 amide bonds. The summed E-state index contributed by atoms with van der Waals surface area (Å²) >= 11 is 0. The van der Waals surface area contributed by atoms with Gasteiger partial charge in [-0.3, -0.25) is 0 Å². The van der Waals surface area contributed by atoms with Crippen LogP contribution in [0.4, 0.5) is 4.39 Å². The van der Waals surface area contributed by atoms with Crippen LogP contribution in [-0.4, -0.2) is 19.2 Å². The second-order valence-electron chi connectivity index (χ2n) is 4.20. The maximum absolute atomic E-state index is 13.6. The van der Waals surface area contributed by atoms with E-state index in [9.17, 15) is 4.39 Å². The molecular weight excluding hydrogens is 193 g/mol. The normalized spacial score (nSPS) is 29.4. The second-order valence-corrected chi connectivity index (χ2v) is 4.20. The summed E-state index contributed by atoms with van der Waals surface area (Å²) in [5.41, 5.74) is 1.89. The highest BCUT2D eigenvalue weighted by atomic mass is 19.1. The van der Waals surface area contributed by atoms with Gasteiger partial charge in [0, 0.05) is 6.04 Å². The third kappa shape index (κ3) is 1.46. The summed E-state index contributed by atoms with van der Waals surface area (Å²) in [4.78, 5) is 0. The first-order valence-corrected chi connectivity index (χ1v) is 5.48. The van der Waals surface area contributed by atoms with Crippen LogP contribution in [0.15, 0.2) is 18.2 Å². The second kappa shape index (κ2) is 3.58. The molecule has 0 aliphatic carbocycles. The smallest absolute Gasteiger partial charge is 0.126 e. The van der Waals surface area contributed by atoms with Crippen molar-refractivity contribution in [3.05, 3.63) is 35.1 Å². The molecule has 1 saturated heterocycles. The minimum Gasteiger partial charge on any atom is -0.372 e. The van der Waals surface area contributed by atoms with Crippen molar-refractivity contribution < 1.29 is 9.13 Å². The molecule has 1 aromatic carbocycles. The van der Waals surface area contributed by atoms with Gasteiger partial charge in [-0.1, -0.05) is 12.1 Å². The van der Waals surface area contributed by atoms with Crippen molar-refractivity contribution in [1.82, 2.24) is 5.32 Å². The lowest BCUT2D eigenvalue weighted by Gasteiger charge is -2.38. The van der Waals surface area contributed by atoms with Crippen molar-refractivity contribution >= 4 is 0 Å². The first-order valence-electron chi connectivity index (χ1n) is 5.48. The van der Waals surface area contributed by atoms with E-state index in [1.165, 1.54) is 6.07 Å². The minimum absolute atomic E-state index is 0.0539. The predicted octanol–water partition coefficient (Wildman–Crippen LogP) is 1.80. The molecule has 15 heavy (non-hydrogen) atoms. The van der Waals surface area contributed by atoms with Gasteiger partial charge in [-0.15, -0.1) is 0 Å². The Balaban J connectivity index is 1.98. The molecule has 0 aromatic heterocycles. The molecule has 3 rings (SSSR count). The lowest BCUT2D eigenvalue weighted by molar-refractivity contribution is -0.00230. The van der Waals surface area contributed by atoms with Gasteiger partial charge >= 0.3 is 0 Å². The molecule has 1 fully saturated rings. The Morgan fingerprint density at radius 2 is 2.27 bits per heavy atom. The molecule has 2 heterocycles. The van der Waals surface area contributed by atoms with Crippen molar-refractivity contribution in [1.29, 1.82) is 0 Å². The highest BCUT2D eigenvalue weighted by Crippen LogP contribution is 2.33. The number of hydrogen-bond donors (Lipinski definition) is 1. The van der Waals surface area contributed by atoms with E-state index in [2.05, 4.69) is 5.32 Å². The molecule has 2 aliphatic rings. The van der Waals surface area contributed by atoms with E-state index in [0.29, 0.717) is 19.1 Å². The number of ether oxygens (including phenoxy) is 1. The van der Waals surface area contributed by atoms with Crippen LogP contribution in [0.3, 0.4) is 0 Å². The monoisotopic (exact) mass is 207 g/mol.